The molecular formula is C18H17F3N2O3S. The van der Waals surface area contributed by atoms with Crippen LogP contribution in [0.2, 0.25) is 0 Å². The van der Waals surface area contributed by atoms with E-state index in [9.17, 15) is 26.4 Å². The van der Waals surface area contributed by atoms with Gasteiger partial charge in [-0.15, -0.1) is 0 Å². The molecule has 0 spiro atoms. The Kier molecular flexibility index (Phi) is 5.41. The maximum atomic E-state index is 14.3. The fraction of sp³-hybridized carbons (Fsp3) is 0.278. The number of carbonyl (C=O) groups excluding carboxylic acids is 1. The number of rotatable bonds is 5. The van der Waals surface area contributed by atoms with Gasteiger partial charge < -0.3 is 10.2 Å². The molecule has 1 saturated heterocycles. The Morgan fingerprint density at radius 2 is 1.67 bits per heavy atom. The molecule has 2 aromatic rings. The summed E-state index contributed by atoms with van der Waals surface area (Å²) in [4.78, 5) is 13.6. The second kappa shape index (κ2) is 7.59. The largest absolute Gasteiger partial charge is 0.369 e. The molecule has 1 aliphatic rings. The summed E-state index contributed by atoms with van der Waals surface area (Å²) in [5.74, 6) is -4.59. The van der Waals surface area contributed by atoms with Crippen LogP contribution in [0.5, 0.6) is 0 Å². The summed E-state index contributed by atoms with van der Waals surface area (Å²) in [6.45, 7) is 1.58. The third-order valence-electron chi connectivity index (χ3n) is 4.33. The Bertz CT molecular complexity index is 941. The zero-order chi connectivity index (χ0) is 19.6. The van der Waals surface area contributed by atoms with E-state index in [0.717, 1.165) is 50.2 Å². The minimum Gasteiger partial charge on any atom is -0.369 e. The van der Waals surface area contributed by atoms with E-state index in [4.69, 9.17) is 0 Å². The van der Waals surface area contributed by atoms with E-state index < -0.39 is 32.2 Å². The number of anilines is 2. The number of alkyl halides is 2. The first-order valence-corrected chi connectivity index (χ1v) is 9.81. The van der Waals surface area contributed by atoms with Gasteiger partial charge in [0, 0.05) is 24.3 Å². The van der Waals surface area contributed by atoms with Crippen molar-refractivity contribution >= 4 is 27.1 Å². The Morgan fingerprint density at radius 1 is 1.04 bits per heavy atom. The van der Waals surface area contributed by atoms with Gasteiger partial charge >= 0.3 is 5.76 Å². The molecule has 144 valence electrons. The topological polar surface area (TPSA) is 66.5 Å². The van der Waals surface area contributed by atoms with E-state index in [1.54, 1.807) is 12.1 Å². The summed E-state index contributed by atoms with van der Waals surface area (Å²) in [5, 5.41) is 2.50. The van der Waals surface area contributed by atoms with Crippen molar-refractivity contribution < 1.29 is 26.4 Å². The summed E-state index contributed by atoms with van der Waals surface area (Å²) in [6.07, 6.45) is 2.02. The van der Waals surface area contributed by atoms with Gasteiger partial charge in [-0.2, -0.15) is 8.78 Å². The van der Waals surface area contributed by atoms with Gasteiger partial charge in [0.2, 0.25) is 9.84 Å². The second-order valence-electron chi connectivity index (χ2n) is 6.14. The van der Waals surface area contributed by atoms with Gasteiger partial charge in [-0.05, 0) is 55.3 Å². The number of sulfone groups is 1. The van der Waals surface area contributed by atoms with Gasteiger partial charge in [-0.25, -0.2) is 12.8 Å². The number of hydrogen-bond donors (Lipinski definition) is 1. The smallest absolute Gasteiger partial charge is 0.341 e. The van der Waals surface area contributed by atoms with Crippen molar-refractivity contribution in [2.24, 2.45) is 0 Å². The van der Waals surface area contributed by atoms with Crippen LogP contribution in [0.4, 0.5) is 24.5 Å². The van der Waals surface area contributed by atoms with Crippen LogP contribution in [0.3, 0.4) is 0 Å². The van der Waals surface area contributed by atoms with Crippen molar-refractivity contribution in [3.63, 3.8) is 0 Å². The third kappa shape index (κ3) is 4.08. The van der Waals surface area contributed by atoms with Crippen LogP contribution in [0.25, 0.3) is 0 Å². The lowest BCUT2D eigenvalue weighted by molar-refractivity contribution is 0.102. The SMILES string of the molecule is O=C(Nc1ccc(N2CCCC2)c(F)c1)c1ccc(S(=O)(=O)C(F)F)cc1. The summed E-state index contributed by atoms with van der Waals surface area (Å²) in [7, 11) is -4.72. The van der Waals surface area contributed by atoms with Gasteiger partial charge in [0.1, 0.15) is 5.82 Å². The van der Waals surface area contributed by atoms with Gasteiger partial charge in [-0.3, -0.25) is 4.79 Å². The monoisotopic (exact) mass is 398 g/mol. The van der Waals surface area contributed by atoms with Crippen LogP contribution in [-0.2, 0) is 9.84 Å². The van der Waals surface area contributed by atoms with Crippen LogP contribution in [0.15, 0.2) is 47.4 Å². The fourth-order valence-corrected chi connectivity index (χ4v) is 3.62. The molecular weight excluding hydrogens is 381 g/mol. The lowest BCUT2D eigenvalue weighted by atomic mass is 10.2. The van der Waals surface area contributed by atoms with Gasteiger partial charge in [-0.1, -0.05) is 0 Å². The van der Waals surface area contributed by atoms with E-state index in [1.807, 2.05) is 4.90 Å². The molecule has 27 heavy (non-hydrogen) atoms. The Morgan fingerprint density at radius 3 is 2.22 bits per heavy atom. The number of nitrogens with zero attached hydrogens (tertiary/aromatic N) is 1. The van der Waals surface area contributed by atoms with Crippen molar-refractivity contribution in [2.75, 3.05) is 23.3 Å². The van der Waals surface area contributed by atoms with Crippen LogP contribution in [-0.4, -0.2) is 33.2 Å². The van der Waals surface area contributed by atoms with E-state index in [-0.39, 0.29) is 11.3 Å². The van der Waals surface area contributed by atoms with E-state index >= 15 is 0 Å². The maximum absolute atomic E-state index is 14.3. The molecule has 1 heterocycles. The lowest BCUT2D eigenvalue weighted by Crippen LogP contribution is -2.19. The van der Waals surface area contributed by atoms with Crippen molar-refractivity contribution in [3.8, 4) is 0 Å². The molecule has 1 amide bonds. The van der Waals surface area contributed by atoms with Crippen LogP contribution in [0.1, 0.15) is 23.2 Å². The predicted molar refractivity (Wildman–Crippen MR) is 95.4 cm³/mol. The van der Waals surface area contributed by atoms with E-state index in [0.29, 0.717) is 5.69 Å². The number of amides is 1. The molecule has 0 saturated carbocycles. The summed E-state index contributed by atoms with van der Waals surface area (Å²) < 4.78 is 62.1. The van der Waals surface area contributed by atoms with Crippen molar-refractivity contribution in [1.29, 1.82) is 0 Å². The quantitative estimate of drug-likeness (QED) is 0.835. The molecule has 0 unspecified atom stereocenters. The Hall–Kier alpha value is -2.55. The molecule has 0 atom stereocenters. The first-order chi connectivity index (χ1) is 12.8. The van der Waals surface area contributed by atoms with Gasteiger partial charge in [0.15, 0.2) is 0 Å². The molecule has 1 fully saturated rings. The number of hydrogen-bond acceptors (Lipinski definition) is 4. The normalized spacial score (nSPS) is 14.6. The van der Waals surface area contributed by atoms with Gasteiger partial charge in [0.25, 0.3) is 5.91 Å². The molecule has 9 heteroatoms. The molecule has 0 bridgehead atoms. The fourth-order valence-electron chi connectivity index (χ4n) is 2.90. The summed E-state index contributed by atoms with van der Waals surface area (Å²) in [5.41, 5.74) is 0.782. The molecule has 2 aromatic carbocycles. The average Bonchev–Trinajstić information content (AvgIpc) is 3.16. The molecule has 3 rings (SSSR count). The highest BCUT2D eigenvalue weighted by atomic mass is 32.2. The number of halogens is 3. The number of carbonyl (C=O) groups is 1. The van der Waals surface area contributed by atoms with Crippen LogP contribution >= 0.6 is 0 Å². The second-order valence-corrected chi connectivity index (χ2v) is 8.06. The van der Waals surface area contributed by atoms with Crippen LogP contribution < -0.4 is 10.2 Å². The molecule has 0 radical (unpaired) electrons. The number of benzene rings is 2. The lowest BCUT2D eigenvalue weighted by Gasteiger charge is -2.18. The zero-order valence-corrected chi connectivity index (χ0v) is 15.0. The molecule has 0 aromatic heterocycles. The van der Waals surface area contributed by atoms with E-state index in [1.165, 1.54) is 6.07 Å². The average molecular weight is 398 g/mol. The minimum atomic E-state index is -4.72. The summed E-state index contributed by atoms with van der Waals surface area (Å²) >= 11 is 0. The highest BCUT2D eigenvalue weighted by Crippen LogP contribution is 2.26. The standard InChI is InChI=1S/C18H17F3N2O3S/c19-15-11-13(5-8-16(15)23-9-1-2-10-23)22-17(24)12-3-6-14(7-4-12)27(25,26)18(20)21/h3-8,11,18H,1-2,9-10H2,(H,22,24). The molecule has 5 nitrogen and oxygen atoms in total. The van der Waals surface area contributed by atoms with Crippen molar-refractivity contribution in [3.05, 3.63) is 53.8 Å². The maximum Gasteiger partial charge on any atom is 0.341 e. The van der Waals surface area contributed by atoms with Gasteiger partial charge in [0.05, 0.1) is 10.6 Å². The highest BCUT2D eigenvalue weighted by Gasteiger charge is 2.26. The number of nitrogens with one attached hydrogen (secondary N) is 1. The molecule has 1 N–H and O–H groups in total. The van der Waals surface area contributed by atoms with Crippen molar-refractivity contribution in [1.82, 2.24) is 0 Å². The van der Waals surface area contributed by atoms with Crippen molar-refractivity contribution in [2.45, 2.75) is 23.5 Å². The first kappa shape index (κ1) is 19.2. The molecule has 0 aliphatic carbocycles. The molecule has 1 aliphatic heterocycles. The third-order valence-corrected chi connectivity index (χ3v) is 5.73. The van der Waals surface area contributed by atoms with E-state index in [2.05, 4.69) is 5.32 Å². The first-order valence-electron chi connectivity index (χ1n) is 8.27. The summed E-state index contributed by atoms with van der Waals surface area (Å²) in [6, 6.07) is 8.50. The Labute approximate surface area is 154 Å². The minimum absolute atomic E-state index is 0.0623. The zero-order valence-electron chi connectivity index (χ0n) is 14.2. The van der Waals surface area contributed by atoms with Crippen LogP contribution in [0, 0.1) is 5.82 Å². The highest BCUT2D eigenvalue weighted by molar-refractivity contribution is 7.91. The Balaban J connectivity index is 1.73. The predicted octanol–water partition coefficient (Wildman–Crippen LogP) is 3.67.